The Morgan fingerprint density at radius 2 is 2.15 bits per heavy atom. The number of allylic oxidation sites excluding steroid dienone is 1. The van der Waals surface area contributed by atoms with Gasteiger partial charge in [-0.25, -0.2) is 0 Å². The smallest absolute Gasteiger partial charge is 0.245 e. The van der Waals surface area contributed by atoms with Crippen LogP contribution in [0.2, 0.25) is 0 Å². The van der Waals surface area contributed by atoms with Gasteiger partial charge in [-0.05, 0) is 37.8 Å². The van der Waals surface area contributed by atoms with Crippen molar-refractivity contribution in [2.45, 2.75) is 31.7 Å². The predicted molar refractivity (Wildman–Crippen MR) is 77.0 cm³/mol. The molecule has 1 aromatic carbocycles. The number of nitrogens with zero attached hydrogens (tertiary/aromatic N) is 1. The maximum Gasteiger partial charge on any atom is 0.245 e. The lowest BCUT2D eigenvalue weighted by atomic mass is 9.78. The predicted octanol–water partition coefficient (Wildman–Crippen LogP) is 2.66. The number of benzene rings is 1. The van der Waals surface area contributed by atoms with Gasteiger partial charge >= 0.3 is 0 Å². The Bertz CT molecular complexity index is 580. The number of amides is 1. The van der Waals surface area contributed by atoms with Crippen molar-refractivity contribution in [3.8, 4) is 11.8 Å². The molecule has 1 aliphatic carbocycles. The van der Waals surface area contributed by atoms with E-state index in [9.17, 15) is 4.79 Å². The molecule has 0 bridgehead atoms. The largest absolute Gasteiger partial charge is 0.496 e. The summed E-state index contributed by atoms with van der Waals surface area (Å²) >= 11 is 0. The summed E-state index contributed by atoms with van der Waals surface area (Å²) in [6.07, 6.45) is 3.98. The number of para-hydroxylation sites is 1. The molecule has 2 rings (SSSR count). The van der Waals surface area contributed by atoms with E-state index >= 15 is 0 Å². The minimum absolute atomic E-state index is 0.227. The van der Waals surface area contributed by atoms with Gasteiger partial charge in [-0.3, -0.25) is 4.79 Å². The van der Waals surface area contributed by atoms with Gasteiger partial charge < -0.3 is 10.1 Å². The van der Waals surface area contributed by atoms with Crippen molar-refractivity contribution in [1.29, 1.82) is 5.26 Å². The Hall–Kier alpha value is -2.28. The molecule has 4 nitrogen and oxygen atoms in total. The van der Waals surface area contributed by atoms with Gasteiger partial charge in [0.05, 0.1) is 13.2 Å². The zero-order valence-electron chi connectivity index (χ0n) is 11.8. The fraction of sp³-hybridized carbons (Fsp3) is 0.375. The minimum Gasteiger partial charge on any atom is -0.496 e. The second kappa shape index (κ2) is 5.79. The van der Waals surface area contributed by atoms with Gasteiger partial charge in [-0.2, -0.15) is 5.26 Å². The van der Waals surface area contributed by atoms with E-state index in [1.54, 1.807) is 7.11 Å². The third-order valence-electron chi connectivity index (χ3n) is 3.66. The number of rotatable bonds is 4. The first-order valence-electron chi connectivity index (χ1n) is 6.65. The molecule has 1 N–H and O–H groups in total. The lowest BCUT2D eigenvalue weighted by Gasteiger charge is -2.35. The van der Waals surface area contributed by atoms with Crippen LogP contribution < -0.4 is 10.1 Å². The molecule has 0 saturated heterocycles. The molecule has 20 heavy (non-hydrogen) atoms. The fourth-order valence-corrected chi connectivity index (χ4v) is 2.31. The molecule has 1 saturated carbocycles. The highest BCUT2D eigenvalue weighted by atomic mass is 16.5. The zero-order chi connectivity index (χ0) is 14.6. The van der Waals surface area contributed by atoms with E-state index < -0.39 is 5.54 Å². The second-order valence-electron chi connectivity index (χ2n) is 5.06. The number of hydrogen-bond donors (Lipinski definition) is 1. The van der Waals surface area contributed by atoms with Crippen LogP contribution in [0, 0.1) is 11.3 Å². The Kier molecular flexibility index (Phi) is 4.09. The molecule has 1 aromatic rings. The first kappa shape index (κ1) is 14.1. The van der Waals surface area contributed by atoms with E-state index in [1.165, 1.54) is 6.08 Å². The molecule has 0 aromatic heterocycles. The number of ether oxygens (including phenoxy) is 1. The molecule has 1 fully saturated rings. The van der Waals surface area contributed by atoms with Crippen molar-refractivity contribution in [3.63, 3.8) is 0 Å². The Labute approximate surface area is 119 Å². The van der Waals surface area contributed by atoms with E-state index in [2.05, 4.69) is 11.4 Å². The molecule has 4 heteroatoms. The van der Waals surface area contributed by atoms with Crippen molar-refractivity contribution in [2.24, 2.45) is 0 Å². The highest BCUT2D eigenvalue weighted by Crippen LogP contribution is 2.31. The third kappa shape index (κ3) is 2.83. The lowest BCUT2D eigenvalue weighted by molar-refractivity contribution is -0.118. The van der Waals surface area contributed by atoms with Gasteiger partial charge in [0.2, 0.25) is 5.91 Å². The van der Waals surface area contributed by atoms with Crippen molar-refractivity contribution in [3.05, 3.63) is 35.9 Å². The highest BCUT2D eigenvalue weighted by molar-refractivity contribution is 5.96. The van der Waals surface area contributed by atoms with Crippen LogP contribution in [0.1, 0.15) is 31.7 Å². The fourth-order valence-electron chi connectivity index (χ4n) is 2.31. The van der Waals surface area contributed by atoms with Crippen molar-refractivity contribution >= 4 is 11.5 Å². The molecule has 0 heterocycles. The summed E-state index contributed by atoms with van der Waals surface area (Å²) in [6, 6.07) is 9.74. The standard InChI is InChI=1S/C16H18N2O2/c1-12(13-6-3-4-7-14(13)20-2)10-15(19)18-16(11-17)8-5-9-16/h3-4,6-7,10H,5,8-9H2,1-2H3,(H,18,19). The number of nitrogens with one attached hydrogen (secondary N) is 1. The monoisotopic (exact) mass is 270 g/mol. The maximum atomic E-state index is 12.0. The van der Waals surface area contributed by atoms with Crippen molar-refractivity contribution < 1.29 is 9.53 Å². The summed E-state index contributed by atoms with van der Waals surface area (Å²) in [7, 11) is 1.60. The molecule has 104 valence electrons. The normalized spacial score (nSPS) is 16.8. The van der Waals surface area contributed by atoms with Crippen LogP contribution in [0.4, 0.5) is 0 Å². The van der Waals surface area contributed by atoms with E-state index in [-0.39, 0.29) is 5.91 Å². The first-order valence-corrected chi connectivity index (χ1v) is 6.65. The lowest BCUT2D eigenvalue weighted by Crippen LogP contribution is -2.51. The number of carbonyl (C=O) groups is 1. The second-order valence-corrected chi connectivity index (χ2v) is 5.06. The summed E-state index contributed by atoms with van der Waals surface area (Å²) < 4.78 is 5.28. The summed E-state index contributed by atoms with van der Waals surface area (Å²) in [6.45, 7) is 1.86. The third-order valence-corrected chi connectivity index (χ3v) is 3.66. The summed E-state index contributed by atoms with van der Waals surface area (Å²) in [5.41, 5.74) is 1.03. The minimum atomic E-state index is -0.658. The van der Waals surface area contributed by atoms with Crippen LogP contribution in [-0.2, 0) is 4.79 Å². The van der Waals surface area contributed by atoms with Crippen LogP contribution in [0.5, 0.6) is 5.75 Å². The average molecular weight is 270 g/mol. The topological polar surface area (TPSA) is 62.1 Å². The quantitative estimate of drug-likeness (QED) is 0.855. The van der Waals surface area contributed by atoms with Crippen molar-refractivity contribution in [1.82, 2.24) is 5.32 Å². The Morgan fingerprint density at radius 1 is 1.45 bits per heavy atom. The van der Waals surface area contributed by atoms with E-state index in [0.717, 1.165) is 36.1 Å². The summed E-state index contributed by atoms with van der Waals surface area (Å²) in [5, 5.41) is 11.9. The number of nitriles is 1. The number of methoxy groups -OCH3 is 1. The summed E-state index contributed by atoms with van der Waals surface area (Å²) in [4.78, 5) is 12.0. The highest BCUT2D eigenvalue weighted by Gasteiger charge is 2.38. The molecular formula is C16H18N2O2. The zero-order valence-corrected chi connectivity index (χ0v) is 11.8. The maximum absolute atomic E-state index is 12.0. The summed E-state index contributed by atoms with van der Waals surface area (Å²) in [5.74, 6) is 0.502. The van der Waals surface area contributed by atoms with Crippen LogP contribution in [0.25, 0.3) is 5.57 Å². The van der Waals surface area contributed by atoms with Crippen molar-refractivity contribution in [2.75, 3.05) is 7.11 Å². The van der Waals surface area contributed by atoms with E-state index in [1.807, 2.05) is 31.2 Å². The first-order chi connectivity index (χ1) is 9.60. The van der Waals surface area contributed by atoms with Gasteiger partial charge in [0.1, 0.15) is 11.3 Å². The van der Waals surface area contributed by atoms with Gasteiger partial charge in [-0.1, -0.05) is 18.2 Å². The molecule has 0 radical (unpaired) electrons. The Morgan fingerprint density at radius 3 is 2.70 bits per heavy atom. The van der Waals surface area contributed by atoms with Crippen LogP contribution in [-0.4, -0.2) is 18.6 Å². The molecule has 0 atom stereocenters. The molecule has 0 spiro atoms. The van der Waals surface area contributed by atoms with Gasteiger partial charge in [0.25, 0.3) is 0 Å². The number of carbonyl (C=O) groups excluding carboxylic acids is 1. The van der Waals surface area contributed by atoms with Gasteiger partial charge in [-0.15, -0.1) is 0 Å². The Balaban J connectivity index is 2.14. The molecule has 1 aliphatic rings. The van der Waals surface area contributed by atoms with Gasteiger partial charge in [0.15, 0.2) is 0 Å². The van der Waals surface area contributed by atoms with E-state index in [4.69, 9.17) is 10.00 Å². The van der Waals surface area contributed by atoms with E-state index in [0.29, 0.717) is 0 Å². The average Bonchev–Trinajstić information content (AvgIpc) is 2.42. The molecular weight excluding hydrogens is 252 g/mol. The molecule has 0 aliphatic heterocycles. The van der Waals surface area contributed by atoms with Crippen LogP contribution in [0.3, 0.4) is 0 Å². The van der Waals surface area contributed by atoms with Crippen LogP contribution >= 0.6 is 0 Å². The number of hydrogen-bond acceptors (Lipinski definition) is 3. The molecule has 1 amide bonds. The molecule has 0 unspecified atom stereocenters. The SMILES string of the molecule is COc1ccccc1C(C)=CC(=O)NC1(C#N)CCC1. The van der Waals surface area contributed by atoms with Gasteiger partial charge in [0, 0.05) is 11.6 Å². The van der Waals surface area contributed by atoms with Crippen LogP contribution in [0.15, 0.2) is 30.3 Å².